The Kier molecular flexibility index (Phi) is 4.78. The van der Waals surface area contributed by atoms with Crippen LogP contribution in [-0.2, 0) is 6.42 Å². The first kappa shape index (κ1) is 15.0. The number of halogens is 2. The van der Waals surface area contributed by atoms with Crippen molar-refractivity contribution in [3.8, 4) is 5.75 Å². The van der Waals surface area contributed by atoms with Crippen LogP contribution in [0.5, 0.6) is 5.75 Å². The topological polar surface area (TPSA) is 35.2 Å². The van der Waals surface area contributed by atoms with E-state index in [0.717, 1.165) is 26.9 Å². The summed E-state index contributed by atoms with van der Waals surface area (Å²) in [6.07, 6.45) is 0.585. The summed E-state index contributed by atoms with van der Waals surface area (Å²) in [7, 11) is 1.65. The monoisotopic (exact) mass is 337 g/mol. The summed E-state index contributed by atoms with van der Waals surface area (Å²) in [5.74, 6) is 0.585. The highest BCUT2D eigenvalue weighted by Crippen LogP contribution is 2.24. The molecule has 106 valence electrons. The summed E-state index contributed by atoms with van der Waals surface area (Å²) < 4.78 is 19.3. The van der Waals surface area contributed by atoms with Gasteiger partial charge in [-0.2, -0.15) is 0 Å². The van der Waals surface area contributed by atoms with Crippen LogP contribution < -0.4 is 10.5 Å². The van der Waals surface area contributed by atoms with E-state index in [9.17, 15) is 4.39 Å². The van der Waals surface area contributed by atoms with Crippen LogP contribution in [0.4, 0.5) is 4.39 Å². The van der Waals surface area contributed by atoms with E-state index in [1.807, 2.05) is 31.2 Å². The van der Waals surface area contributed by atoms with Crippen LogP contribution in [0.3, 0.4) is 0 Å². The summed E-state index contributed by atoms with van der Waals surface area (Å²) >= 11 is 3.29. The van der Waals surface area contributed by atoms with Crippen LogP contribution in [0.1, 0.15) is 22.7 Å². The molecular formula is C16H17BrFNO. The molecule has 1 atom stereocenters. The second kappa shape index (κ2) is 6.37. The van der Waals surface area contributed by atoms with Gasteiger partial charge in [0.1, 0.15) is 11.6 Å². The molecule has 0 aliphatic heterocycles. The highest BCUT2D eigenvalue weighted by Gasteiger charge is 2.10. The fourth-order valence-electron chi connectivity index (χ4n) is 2.23. The predicted octanol–water partition coefficient (Wildman–Crippen LogP) is 4.15. The molecule has 0 saturated carbocycles. The molecule has 2 aromatic rings. The van der Waals surface area contributed by atoms with Gasteiger partial charge in [-0.15, -0.1) is 0 Å². The van der Waals surface area contributed by atoms with Crippen molar-refractivity contribution in [1.82, 2.24) is 0 Å². The molecule has 0 spiro atoms. The zero-order valence-corrected chi connectivity index (χ0v) is 13.1. The van der Waals surface area contributed by atoms with E-state index < -0.39 is 0 Å². The fourth-order valence-corrected chi connectivity index (χ4v) is 2.75. The van der Waals surface area contributed by atoms with Gasteiger partial charge in [0.05, 0.1) is 7.11 Å². The zero-order valence-electron chi connectivity index (χ0n) is 11.5. The van der Waals surface area contributed by atoms with Gasteiger partial charge >= 0.3 is 0 Å². The van der Waals surface area contributed by atoms with Crippen LogP contribution in [0.15, 0.2) is 40.9 Å². The average Bonchev–Trinajstić information content (AvgIpc) is 2.37. The quantitative estimate of drug-likeness (QED) is 0.909. The Balaban J connectivity index is 2.19. The van der Waals surface area contributed by atoms with E-state index in [0.29, 0.717) is 6.42 Å². The Morgan fingerprint density at radius 1 is 1.25 bits per heavy atom. The smallest absolute Gasteiger partial charge is 0.124 e. The molecule has 0 fully saturated rings. The van der Waals surface area contributed by atoms with Gasteiger partial charge in [0.2, 0.25) is 0 Å². The molecule has 2 nitrogen and oxygen atoms in total. The first-order chi connectivity index (χ1) is 9.49. The number of methoxy groups -OCH3 is 1. The van der Waals surface area contributed by atoms with Gasteiger partial charge in [-0.1, -0.05) is 28.1 Å². The van der Waals surface area contributed by atoms with Crippen molar-refractivity contribution in [2.24, 2.45) is 5.73 Å². The van der Waals surface area contributed by atoms with Crippen molar-refractivity contribution in [3.63, 3.8) is 0 Å². The largest absolute Gasteiger partial charge is 0.496 e. The van der Waals surface area contributed by atoms with Crippen LogP contribution in [0, 0.1) is 12.7 Å². The Labute approximate surface area is 126 Å². The molecule has 20 heavy (non-hydrogen) atoms. The number of hydrogen-bond donors (Lipinski definition) is 1. The van der Waals surface area contributed by atoms with Crippen molar-refractivity contribution in [1.29, 1.82) is 0 Å². The lowest BCUT2D eigenvalue weighted by Gasteiger charge is -2.14. The van der Waals surface area contributed by atoms with E-state index in [1.54, 1.807) is 7.11 Å². The predicted molar refractivity (Wildman–Crippen MR) is 82.5 cm³/mol. The highest BCUT2D eigenvalue weighted by atomic mass is 79.9. The maximum Gasteiger partial charge on any atom is 0.124 e. The third-order valence-electron chi connectivity index (χ3n) is 3.23. The van der Waals surface area contributed by atoms with E-state index in [-0.39, 0.29) is 11.9 Å². The molecule has 0 aliphatic rings. The molecule has 2 N–H and O–H groups in total. The van der Waals surface area contributed by atoms with E-state index in [1.165, 1.54) is 12.1 Å². The second-order valence-electron chi connectivity index (χ2n) is 4.82. The maximum atomic E-state index is 13.4. The summed E-state index contributed by atoms with van der Waals surface area (Å²) in [5.41, 5.74) is 9.14. The van der Waals surface area contributed by atoms with Crippen LogP contribution in [0.25, 0.3) is 0 Å². The lowest BCUT2D eigenvalue weighted by atomic mass is 9.98. The summed E-state index contributed by atoms with van der Waals surface area (Å²) in [6.45, 7) is 1.98. The maximum absolute atomic E-state index is 13.4. The molecule has 2 rings (SSSR count). The summed E-state index contributed by atoms with van der Waals surface area (Å²) in [6, 6.07) is 10.5. The van der Waals surface area contributed by atoms with Crippen molar-refractivity contribution in [2.75, 3.05) is 7.11 Å². The van der Waals surface area contributed by atoms with Crippen molar-refractivity contribution in [2.45, 2.75) is 19.4 Å². The van der Waals surface area contributed by atoms with Crippen molar-refractivity contribution in [3.05, 3.63) is 63.4 Å². The van der Waals surface area contributed by atoms with Gasteiger partial charge in [-0.3, -0.25) is 0 Å². The molecule has 4 heteroatoms. The first-order valence-electron chi connectivity index (χ1n) is 6.34. The van der Waals surface area contributed by atoms with E-state index in [4.69, 9.17) is 10.5 Å². The number of benzene rings is 2. The summed E-state index contributed by atoms with van der Waals surface area (Å²) in [5, 5.41) is 0. The van der Waals surface area contributed by atoms with Gasteiger partial charge in [-0.25, -0.2) is 4.39 Å². The second-order valence-corrected chi connectivity index (χ2v) is 5.73. The third-order valence-corrected chi connectivity index (χ3v) is 3.68. The molecule has 0 amide bonds. The van der Waals surface area contributed by atoms with Gasteiger partial charge in [0, 0.05) is 10.5 Å². The van der Waals surface area contributed by atoms with Gasteiger partial charge < -0.3 is 10.5 Å². The SMILES string of the molecule is COc1ccc(C(N)Cc2cc(F)cc(Br)c2)cc1C. The molecule has 1 unspecified atom stereocenters. The number of aryl methyl sites for hydroxylation is 1. The summed E-state index contributed by atoms with van der Waals surface area (Å²) in [4.78, 5) is 0. The Morgan fingerprint density at radius 3 is 2.60 bits per heavy atom. The molecular weight excluding hydrogens is 321 g/mol. The molecule has 2 aromatic carbocycles. The van der Waals surface area contributed by atoms with Gasteiger partial charge in [0.15, 0.2) is 0 Å². The standard InChI is InChI=1S/C16H17BrFNO/c1-10-5-12(3-4-16(10)20-2)15(19)8-11-6-13(17)9-14(18)7-11/h3-7,9,15H,8,19H2,1-2H3. The molecule has 0 aliphatic carbocycles. The third kappa shape index (κ3) is 3.58. The lowest BCUT2D eigenvalue weighted by Crippen LogP contribution is -2.13. The van der Waals surface area contributed by atoms with Crippen molar-refractivity contribution < 1.29 is 9.13 Å². The lowest BCUT2D eigenvalue weighted by molar-refractivity contribution is 0.411. The molecule has 0 aromatic heterocycles. The Hall–Kier alpha value is -1.39. The molecule has 0 radical (unpaired) electrons. The van der Waals surface area contributed by atoms with Crippen LogP contribution >= 0.6 is 15.9 Å². The Morgan fingerprint density at radius 2 is 2.00 bits per heavy atom. The first-order valence-corrected chi connectivity index (χ1v) is 7.14. The van der Waals surface area contributed by atoms with Crippen LogP contribution in [-0.4, -0.2) is 7.11 Å². The molecule has 0 saturated heterocycles. The number of ether oxygens (including phenoxy) is 1. The van der Waals surface area contributed by atoms with E-state index >= 15 is 0 Å². The minimum absolute atomic E-state index is 0.173. The van der Waals surface area contributed by atoms with Crippen LogP contribution in [0.2, 0.25) is 0 Å². The molecule has 0 heterocycles. The van der Waals surface area contributed by atoms with E-state index in [2.05, 4.69) is 15.9 Å². The van der Waals surface area contributed by atoms with Crippen molar-refractivity contribution >= 4 is 15.9 Å². The Bertz CT molecular complexity index is 595. The minimum atomic E-state index is -0.257. The van der Waals surface area contributed by atoms with Gasteiger partial charge in [0.25, 0.3) is 0 Å². The number of hydrogen-bond acceptors (Lipinski definition) is 2. The number of rotatable bonds is 4. The normalized spacial score (nSPS) is 12.2. The molecule has 0 bridgehead atoms. The zero-order chi connectivity index (χ0) is 14.7. The fraction of sp³-hybridized carbons (Fsp3) is 0.250. The number of nitrogens with two attached hydrogens (primary N) is 1. The highest BCUT2D eigenvalue weighted by molar-refractivity contribution is 9.10. The van der Waals surface area contributed by atoms with Gasteiger partial charge in [-0.05, 0) is 54.3 Å². The minimum Gasteiger partial charge on any atom is -0.496 e. The average molecular weight is 338 g/mol.